The van der Waals surface area contributed by atoms with Gasteiger partial charge in [-0.05, 0) is 56.5 Å². The predicted octanol–water partition coefficient (Wildman–Crippen LogP) is 3.36. The van der Waals surface area contributed by atoms with E-state index in [2.05, 4.69) is 19.2 Å². The lowest BCUT2D eigenvalue weighted by Crippen LogP contribution is -2.19. The minimum atomic E-state index is 0.00343. The largest absolute Gasteiger partial charge is 0.342 e. The fourth-order valence-electron chi connectivity index (χ4n) is 2.17. The summed E-state index contributed by atoms with van der Waals surface area (Å²) in [5, 5.41) is 2.93. The number of benzene rings is 1. The highest BCUT2D eigenvalue weighted by atomic mass is 16.1. The van der Waals surface area contributed by atoms with Crippen molar-refractivity contribution in [1.29, 1.82) is 0 Å². The molecule has 1 N–H and O–H groups in total. The van der Waals surface area contributed by atoms with Crippen molar-refractivity contribution in [3.05, 3.63) is 52.8 Å². The minimum Gasteiger partial charge on any atom is -0.342 e. The summed E-state index contributed by atoms with van der Waals surface area (Å²) < 4.78 is 2.00. The maximum Gasteiger partial charge on any atom is 0.244 e. The van der Waals surface area contributed by atoms with Gasteiger partial charge in [-0.1, -0.05) is 12.1 Å². The zero-order chi connectivity index (χ0) is 14.0. The number of amides is 1. The van der Waals surface area contributed by atoms with Gasteiger partial charge in [-0.15, -0.1) is 0 Å². The summed E-state index contributed by atoms with van der Waals surface area (Å²) in [7, 11) is 0. The number of aryl methyl sites for hydroxylation is 2. The van der Waals surface area contributed by atoms with Crippen LogP contribution in [0.1, 0.15) is 22.4 Å². The molecular formula is C16H20N2O. The molecule has 2 aromatic rings. The van der Waals surface area contributed by atoms with Gasteiger partial charge >= 0.3 is 0 Å². The maximum atomic E-state index is 12.0. The Bertz CT molecular complexity index is 611. The van der Waals surface area contributed by atoms with Gasteiger partial charge in [0.2, 0.25) is 5.91 Å². The van der Waals surface area contributed by atoms with Crippen LogP contribution in [0.3, 0.4) is 0 Å². The molecule has 100 valence electrons. The monoisotopic (exact) mass is 256 g/mol. The Labute approximate surface area is 114 Å². The summed E-state index contributed by atoms with van der Waals surface area (Å²) in [5.74, 6) is 0.00343. The smallest absolute Gasteiger partial charge is 0.244 e. The molecule has 0 aliphatic carbocycles. The van der Waals surface area contributed by atoms with E-state index in [1.54, 1.807) is 0 Å². The summed E-state index contributed by atoms with van der Waals surface area (Å²) in [5.41, 5.74) is 5.62. The van der Waals surface area contributed by atoms with Crippen molar-refractivity contribution in [1.82, 2.24) is 4.57 Å². The van der Waals surface area contributed by atoms with Gasteiger partial charge < -0.3 is 9.88 Å². The van der Waals surface area contributed by atoms with E-state index in [0.29, 0.717) is 6.54 Å². The molecule has 1 heterocycles. The van der Waals surface area contributed by atoms with Crippen molar-refractivity contribution < 1.29 is 4.79 Å². The van der Waals surface area contributed by atoms with E-state index >= 15 is 0 Å². The van der Waals surface area contributed by atoms with E-state index in [-0.39, 0.29) is 5.91 Å². The number of anilines is 1. The van der Waals surface area contributed by atoms with Crippen molar-refractivity contribution >= 4 is 11.6 Å². The lowest BCUT2D eigenvalue weighted by Gasteiger charge is -2.08. The molecule has 0 saturated carbocycles. The highest BCUT2D eigenvalue weighted by Crippen LogP contribution is 2.15. The summed E-state index contributed by atoms with van der Waals surface area (Å²) in [6, 6.07) is 7.83. The standard InChI is InChI=1S/C16H20N2O/c1-11-6-5-7-15(8-11)17-16(19)10-18-9-12(2)13(3)14(18)4/h5-9H,10H2,1-4H3,(H,17,19). The third-order valence-corrected chi connectivity index (χ3v) is 3.53. The van der Waals surface area contributed by atoms with Crippen LogP contribution >= 0.6 is 0 Å². The van der Waals surface area contributed by atoms with E-state index in [4.69, 9.17) is 0 Å². The maximum absolute atomic E-state index is 12.0. The zero-order valence-corrected chi connectivity index (χ0v) is 11.9. The van der Waals surface area contributed by atoms with Crippen LogP contribution in [0.5, 0.6) is 0 Å². The van der Waals surface area contributed by atoms with Gasteiger partial charge in [-0.2, -0.15) is 0 Å². The average molecular weight is 256 g/mol. The minimum absolute atomic E-state index is 0.00343. The molecule has 0 aliphatic rings. The van der Waals surface area contributed by atoms with Crippen LogP contribution in [-0.2, 0) is 11.3 Å². The van der Waals surface area contributed by atoms with Gasteiger partial charge in [0.1, 0.15) is 6.54 Å². The molecule has 2 rings (SSSR count). The fraction of sp³-hybridized carbons (Fsp3) is 0.312. The molecule has 0 aliphatic heterocycles. The first kappa shape index (κ1) is 13.4. The van der Waals surface area contributed by atoms with Crippen molar-refractivity contribution in [3.63, 3.8) is 0 Å². The Morgan fingerprint density at radius 2 is 1.95 bits per heavy atom. The zero-order valence-electron chi connectivity index (χ0n) is 11.9. The number of nitrogens with one attached hydrogen (secondary N) is 1. The number of hydrogen-bond acceptors (Lipinski definition) is 1. The lowest BCUT2D eigenvalue weighted by molar-refractivity contribution is -0.116. The molecule has 0 saturated heterocycles. The molecule has 1 aromatic carbocycles. The van der Waals surface area contributed by atoms with E-state index in [0.717, 1.165) is 16.9 Å². The molecule has 0 spiro atoms. The van der Waals surface area contributed by atoms with Crippen LogP contribution in [-0.4, -0.2) is 10.5 Å². The van der Waals surface area contributed by atoms with Crippen molar-refractivity contribution in [2.24, 2.45) is 0 Å². The normalized spacial score (nSPS) is 10.5. The Hall–Kier alpha value is -2.03. The fourth-order valence-corrected chi connectivity index (χ4v) is 2.17. The topological polar surface area (TPSA) is 34.0 Å². The van der Waals surface area contributed by atoms with Crippen LogP contribution in [0.15, 0.2) is 30.5 Å². The highest BCUT2D eigenvalue weighted by Gasteiger charge is 2.09. The van der Waals surface area contributed by atoms with Gasteiger partial charge in [-0.3, -0.25) is 4.79 Å². The molecule has 3 heteroatoms. The Morgan fingerprint density at radius 1 is 1.21 bits per heavy atom. The lowest BCUT2D eigenvalue weighted by atomic mass is 10.2. The third kappa shape index (κ3) is 3.05. The number of hydrogen-bond donors (Lipinski definition) is 1. The van der Waals surface area contributed by atoms with Gasteiger partial charge in [0.05, 0.1) is 0 Å². The van der Waals surface area contributed by atoms with Gasteiger partial charge in [0.15, 0.2) is 0 Å². The molecule has 0 fully saturated rings. The summed E-state index contributed by atoms with van der Waals surface area (Å²) in [6.45, 7) is 8.56. The number of rotatable bonds is 3. The highest BCUT2D eigenvalue weighted by molar-refractivity contribution is 5.90. The molecule has 0 atom stereocenters. The van der Waals surface area contributed by atoms with Gasteiger partial charge in [0.25, 0.3) is 0 Å². The molecule has 19 heavy (non-hydrogen) atoms. The summed E-state index contributed by atoms with van der Waals surface area (Å²) in [4.78, 5) is 12.0. The van der Waals surface area contributed by atoms with E-state index in [1.165, 1.54) is 11.1 Å². The average Bonchev–Trinajstić information content (AvgIpc) is 2.57. The van der Waals surface area contributed by atoms with E-state index < -0.39 is 0 Å². The van der Waals surface area contributed by atoms with E-state index in [1.807, 2.05) is 48.9 Å². The van der Waals surface area contributed by atoms with Crippen molar-refractivity contribution in [2.75, 3.05) is 5.32 Å². The molecular weight excluding hydrogens is 236 g/mol. The van der Waals surface area contributed by atoms with Crippen LogP contribution in [0.25, 0.3) is 0 Å². The van der Waals surface area contributed by atoms with Crippen LogP contribution in [0.2, 0.25) is 0 Å². The molecule has 0 radical (unpaired) electrons. The summed E-state index contributed by atoms with van der Waals surface area (Å²) >= 11 is 0. The van der Waals surface area contributed by atoms with Crippen molar-refractivity contribution in [2.45, 2.75) is 34.2 Å². The number of aromatic nitrogens is 1. The number of carbonyl (C=O) groups excluding carboxylic acids is 1. The predicted molar refractivity (Wildman–Crippen MR) is 78.5 cm³/mol. The first-order valence-corrected chi connectivity index (χ1v) is 6.47. The molecule has 3 nitrogen and oxygen atoms in total. The summed E-state index contributed by atoms with van der Waals surface area (Å²) in [6.07, 6.45) is 2.03. The third-order valence-electron chi connectivity index (χ3n) is 3.53. The Morgan fingerprint density at radius 3 is 2.53 bits per heavy atom. The second kappa shape index (κ2) is 5.31. The second-order valence-electron chi connectivity index (χ2n) is 5.07. The van der Waals surface area contributed by atoms with Gasteiger partial charge in [0, 0.05) is 17.6 Å². The van der Waals surface area contributed by atoms with Crippen LogP contribution < -0.4 is 5.32 Å². The SMILES string of the molecule is Cc1cccc(NC(=O)Cn2cc(C)c(C)c2C)c1. The quantitative estimate of drug-likeness (QED) is 0.897. The van der Waals surface area contributed by atoms with Crippen LogP contribution in [0.4, 0.5) is 5.69 Å². The van der Waals surface area contributed by atoms with Crippen molar-refractivity contribution in [3.8, 4) is 0 Å². The molecule has 1 amide bonds. The first-order valence-electron chi connectivity index (χ1n) is 6.47. The number of nitrogens with zero attached hydrogens (tertiary/aromatic N) is 1. The molecule has 0 unspecified atom stereocenters. The van der Waals surface area contributed by atoms with Gasteiger partial charge in [-0.25, -0.2) is 0 Å². The first-order chi connectivity index (χ1) is 8.97. The Balaban J connectivity index is 2.07. The Kier molecular flexibility index (Phi) is 3.74. The second-order valence-corrected chi connectivity index (χ2v) is 5.07. The molecule has 1 aromatic heterocycles. The molecule has 0 bridgehead atoms. The van der Waals surface area contributed by atoms with E-state index in [9.17, 15) is 4.79 Å². The van der Waals surface area contributed by atoms with Crippen LogP contribution in [0, 0.1) is 27.7 Å². The number of carbonyl (C=O) groups is 1.